The smallest absolute Gasteiger partial charge is 0.317 e. The normalized spacial score (nSPS) is 26.8. The fourth-order valence-electron chi connectivity index (χ4n) is 3.12. The van der Waals surface area contributed by atoms with Crippen molar-refractivity contribution in [2.75, 3.05) is 14.1 Å². The number of nitrogens with two attached hydrogens (primary N) is 1. The second-order valence-electron chi connectivity index (χ2n) is 7.65. The Morgan fingerprint density at radius 3 is 2.09 bits per heavy atom. The summed E-state index contributed by atoms with van der Waals surface area (Å²) in [6.45, 7) is 0. The lowest BCUT2D eigenvalue weighted by Gasteiger charge is -2.44. The van der Waals surface area contributed by atoms with E-state index in [2.05, 4.69) is 15.5 Å². The van der Waals surface area contributed by atoms with Crippen LogP contribution in [0.2, 0.25) is 0 Å². The molecule has 1 aliphatic rings. The highest BCUT2D eigenvalue weighted by atomic mass is 16.7. The van der Waals surface area contributed by atoms with Gasteiger partial charge >= 0.3 is 5.91 Å². The topological polar surface area (TPSA) is 197 Å². The standard InChI is InChI=1S/C21H23N5O8/c1-26(2)25-23-13-7-3-11(4-8-13)15(27)12-5-9-14(10-6-12)33-21(22)19(30)17(29)16(28)18(34-21)20(31)24-32/h3-10,16-19,28-30H,22H2,1-2H3/t16-,17-,18-,19+,21-/m1/s1. The fraction of sp³-hybridized carbons (Fsp3) is 0.333. The van der Waals surface area contributed by atoms with E-state index in [9.17, 15) is 29.8 Å². The first-order chi connectivity index (χ1) is 16.1. The third-order valence-electron chi connectivity index (χ3n) is 4.90. The van der Waals surface area contributed by atoms with Gasteiger partial charge in [0.25, 0.3) is 5.91 Å². The van der Waals surface area contributed by atoms with Crippen molar-refractivity contribution in [3.05, 3.63) is 64.6 Å². The molecule has 0 saturated carbocycles. The first kappa shape index (κ1) is 25.0. The van der Waals surface area contributed by atoms with E-state index < -0.39 is 36.2 Å². The quantitative estimate of drug-likeness (QED) is 0.142. The Morgan fingerprint density at radius 2 is 1.56 bits per heavy atom. The molecular weight excluding hydrogens is 450 g/mol. The van der Waals surface area contributed by atoms with Gasteiger partial charge in [0.2, 0.25) is 0 Å². The highest BCUT2D eigenvalue weighted by Crippen LogP contribution is 2.30. The van der Waals surface area contributed by atoms with Crippen LogP contribution < -0.4 is 10.5 Å². The number of ether oxygens (including phenoxy) is 2. The summed E-state index contributed by atoms with van der Waals surface area (Å²) >= 11 is 0. The molecule has 34 heavy (non-hydrogen) atoms. The SMILES string of the molecule is CN(C)N=Nc1ccc(C(=O)c2ccc(O[C@@]3(N)O[C@@H](C(=O)N=O)[C@H](O)[C@@H](O)[C@@H]3O)cc2)cc1. The van der Waals surface area contributed by atoms with E-state index in [0.29, 0.717) is 16.8 Å². The van der Waals surface area contributed by atoms with Crippen molar-refractivity contribution in [3.8, 4) is 5.75 Å². The molecule has 3 rings (SSSR count). The molecule has 0 unspecified atom stereocenters. The van der Waals surface area contributed by atoms with Gasteiger partial charge in [-0.05, 0) is 48.5 Å². The number of nitroso groups, excluding NO2 is 1. The molecule has 1 fully saturated rings. The van der Waals surface area contributed by atoms with Gasteiger partial charge in [-0.15, -0.1) is 10.0 Å². The van der Waals surface area contributed by atoms with Crippen LogP contribution in [-0.4, -0.2) is 76.4 Å². The summed E-state index contributed by atoms with van der Waals surface area (Å²) in [7, 11) is 3.46. The average molecular weight is 473 g/mol. The predicted octanol–water partition coefficient (Wildman–Crippen LogP) is 0.244. The van der Waals surface area contributed by atoms with E-state index in [1.807, 2.05) is 0 Å². The second-order valence-corrected chi connectivity index (χ2v) is 7.65. The zero-order valence-electron chi connectivity index (χ0n) is 18.2. The third kappa shape index (κ3) is 5.30. The number of aliphatic hydroxyl groups excluding tert-OH is 3. The van der Waals surface area contributed by atoms with Crippen LogP contribution in [0, 0.1) is 4.91 Å². The van der Waals surface area contributed by atoms with Gasteiger partial charge in [-0.3, -0.25) is 20.3 Å². The number of rotatable bonds is 7. The molecule has 2 aromatic rings. The average Bonchev–Trinajstić information content (AvgIpc) is 2.83. The molecule has 1 heterocycles. The minimum atomic E-state index is -2.49. The fourth-order valence-corrected chi connectivity index (χ4v) is 3.12. The van der Waals surface area contributed by atoms with Crippen molar-refractivity contribution < 1.29 is 34.4 Å². The molecule has 2 aromatic carbocycles. The number of ketones is 1. The number of carbonyl (C=O) groups excluding carboxylic acids is 2. The van der Waals surface area contributed by atoms with E-state index >= 15 is 0 Å². The monoisotopic (exact) mass is 473 g/mol. The van der Waals surface area contributed by atoms with Gasteiger partial charge in [0.1, 0.15) is 18.0 Å². The predicted molar refractivity (Wildman–Crippen MR) is 116 cm³/mol. The van der Waals surface area contributed by atoms with Crippen LogP contribution in [0.4, 0.5) is 5.69 Å². The molecule has 5 atom stereocenters. The Bertz CT molecular complexity index is 1080. The van der Waals surface area contributed by atoms with Crippen LogP contribution in [-0.2, 0) is 9.53 Å². The van der Waals surface area contributed by atoms with Crippen molar-refractivity contribution in [3.63, 3.8) is 0 Å². The van der Waals surface area contributed by atoms with E-state index in [1.54, 1.807) is 38.4 Å². The molecule has 5 N–H and O–H groups in total. The maximum atomic E-state index is 12.7. The van der Waals surface area contributed by atoms with Crippen LogP contribution in [0.3, 0.4) is 0 Å². The zero-order chi connectivity index (χ0) is 25.0. The van der Waals surface area contributed by atoms with Gasteiger partial charge in [0.15, 0.2) is 18.0 Å². The summed E-state index contributed by atoms with van der Waals surface area (Å²) in [6, 6.07) is 12.0. The van der Waals surface area contributed by atoms with Crippen molar-refractivity contribution in [1.82, 2.24) is 5.01 Å². The number of amides is 1. The maximum absolute atomic E-state index is 12.7. The maximum Gasteiger partial charge on any atom is 0.317 e. The highest BCUT2D eigenvalue weighted by Gasteiger charge is 2.56. The largest absolute Gasteiger partial charge is 0.447 e. The summed E-state index contributed by atoms with van der Waals surface area (Å²) in [6.07, 6.45) is -7.84. The molecule has 0 radical (unpaired) electrons. The number of aliphatic hydroxyl groups is 3. The van der Waals surface area contributed by atoms with Crippen LogP contribution in [0.5, 0.6) is 5.75 Å². The lowest BCUT2D eigenvalue weighted by molar-refractivity contribution is -0.324. The van der Waals surface area contributed by atoms with Gasteiger partial charge in [-0.25, -0.2) is 0 Å². The Kier molecular flexibility index (Phi) is 7.44. The summed E-state index contributed by atoms with van der Waals surface area (Å²) < 4.78 is 10.5. The minimum absolute atomic E-state index is 0.00592. The first-order valence-electron chi connectivity index (χ1n) is 9.96. The number of carbonyl (C=O) groups is 2. The first-order valence-corrected chi connectivity index (χ1v) is 9.96. The number of benzene rings is 2. The summed E-state index contributed by atoms with van der Waals surface area (Å²) in [5.74, 6) is -4.22. The van der Waals surface area contributed by atoms with Crippen molar-refractivity contribution in [2.45, 2.75) is 30.3 Å². The number of hydrogen-bond acceptors (Lipinski definition) is 11. The molecule has 0 spiro atoms. The minimum Gasteiger partial charge on any atom is -0.447 e. The van der Waals surface area contributed by atoms with Gasteiger partial charge in [0, 0.05) is 30.4 Å². The molecular formula is C21H23N5O8. The molecule has 13 nitrogen and oxygen atoms in total. The van der Waals surface area contributed by atoms with Crippen LogP contribution in [0.1, 0.15) is 15.9 Å². The Morgan fingerprint density at radius 1 is 1.00 bits per heavy atom. The molecule has 1 aliphatic heterocycles. The van der Waals surface area contributed by atoms with Gasteiger partial charge < -0.3 is 24.8 Å². The molecule has 13 heteroatoms. The van der Waals surface area contributed by atoms with Gasteiger partial charge in [-0.1, -0.05) is 5.22 Å². The second kappa shape index (κ2) is 10.1. The molecule has 0 aromatic heterocycles. The molecule has 0 bridgehead atoms. The van der Waals surface area contributed by atoms with Crippen molar-refractivity contribution in [1.29, 1.82) is 0 Å². The lowest BCUT2D eigenvalue weighted by Crippen LogP contribution is -2.72. The van der Waals surface area contributed by atoms with Gasteiger partial charge in [-0.2, -0.15) is 0 Å². The highest BCUT2D eigenvalue weighted by molar-refractivity contribution is 6.09. The van der Waals surface area contributed by atoms with Crippen molar-refractivity contribution >= 4 is 17.4 Å². The molecule has 0 aliphatic carbocycles. The van der Waals surface area contributed by atoms with E-state index in [4.69, 9.17) is 15.2 Å². The molecule has 180 valence electrons. The summed E-state index contributed by atoms with van der Waals surface area (Å²) in [5, 5.41) is 41.6. The number of nitrogens with zero attached hydrogens (tertiary/aromatic N) is 4. The van der Waals surface area contributed by atoms with E-state index in [1.165, 1.54) is 29.3 Å². The summed E-state index contributed by atoms with van der Waals surface area (Å²) in [4.78, 5) is 34.9. The Labute approximate surface area is 193 Å². The third-order valence-corrected chi connectivity index (χ3v) is 4.90. The molecule has 1 amide bonds. The Hall–Kier alpha value is -3.62. The molecule has 1 saturated heterocycles. The van der Waals surface area contributed by atoms with Crippen LogP contribution in [0.15, 0.2) is 64.0 Å². The lowest BCUT2D eigenvalue weighted by atomic mass is 9.96. The van der Waals surface area contributed by atoms with E-state index in [0.717, 1.165) is 0 Å². The van der Waals surface area contributed by atoms with Crippen molar-refractivity contribution in [2.24, 2.45) is 21.2 Å². The number of hydrogen-bond donors (Lipinski definition) is 4. The van der Waals surface area contributed by atoms with E-state index in [-0.39, 0.29) is 11.5 Å². The summed E-state index contributed by atoms with van der Waals surface area (Å²) in [5.41, 5.74) is 7.15. The van der Waals surface area contributed by atoms with Gasteiger partial charge in [0.05, 0.1) is 5.69 Å². The Balaban J connectivity index is 1.74. The van der Waals surface area contributed by atoms with Crippen LogP contribution >= 0.6 is 0 Å². The van der Waals surface area contributed by atoms with Crippen LogP contribution in [0.25, 0.3) is 0 Å². The zero-order valence-corrected chi connectivity index (χ0v) is 18.2.